The van der Waals surface area contributed by atoms with Crippen molar-refractivity contribution in [3.05, 3.63) is 69.5 Å². The molecule has 1 aromatic heterocycles. The van der Waals surface area contributed by atoms with Gasteiger partial charge in [-0.2, -0.15) is 11.8 Å². The lowest BCUT2D eigenvalue weighted by atomic mass is 10.0. The summed E-state index contributed by atoms with van der Waals surface area (Å²) in [5.74, 6) is 2.81. The number of hydrogen-bond donors (Lipinski definition) is 1. The summed E-state index contributed by atoms with van der Waals surface area (Å²) in [6.45, 7) is 3.25. The number of aromatic amines is 1. The van der Waals surface area contributed by atoms with Crippen LogP contribution in [0.15, 0.2) is 47.3 Å². The Morgan fingerprint density at radius 2 is 1.88 bits per heavy atom. The van der Waals surface area contributed by atoms with Gasteiger partial charge in [0.1, 0.15) is 11.9 Å². The van der Waals surface area contributed by atoms with Crippen molar-refractivity contribution < 1.29 is 4.74 Å². The second-order valence-electron chi connectivity index (χ2n) is 9.39. The standard InChI is InChI=1S/C27H33N3O2S/c1-29(2)20-5-3-19(4-6-20)9-13-30-14-10-21(11-15-30)32-22-7-8-26-24(17-22)23-12-16-33-18-25(23)27(31)28-26/h3-8,17,21H,9-16,18H2,1-2H3,(H,28,31). The Bertz CT molecular complexity index is 1160. The highest BCUT2D eigenvalue weighted by Crippen LogP contribution is 2.30. The first-order valence-corrected chi connectivity index (χ1v) is 13.1. The Kier molecular flexibility index (Phi) is 6.65. The van der Waals surface area contributed by atoms with Crippen LogP contribution in [0.4, 0.5) is 5.69 Å². The number of fused-ring (bicyclic) bond motifs is 3. The maximum absolute atomic E-state index is 12.4. The Morgan fingerprint density at radius 1 is 1.09 bits per heavy atom. The largest absolute Gasteiger partial charge is 0.490 e. The Morgan fingerprint density at radius 3 is 2.64 bits per heavy atom. The average Bonchev–Trinajstić information content (AvgIpc) is 2.84. The molecule has 0 bridgehead atoms. The number of aromatic nitrogens is 1. The van der Waals surface area contributed by atoms with Crippen LogP contribution in [0.25, 0.3) is 10.9 Å². The fraction of sp³-hybridized carbons (Fsp3) is 0.444. The number of likely N-dealkylation sites (tertiary alicyclic amines) is 1. The van der Waals surface area contributed by atoms with Crippen molar-refractivity contribution in [2.24, 2.45) is 0 Å². The highest BCUT2D eigenvalue weighted by molar-refractivity contribution is 7.98. The monoisotopic (exact) mass is 463 g/mol. The van der Waals surface area contributed by atoms with Gasteiger partial charge in [0.05, 0.1) is 0 Å². The molecule has 6 heteroatoms. The minimum atomic E-state index is 0.0689. The van der Waals surface area contributed by atoms with E-state index in [-0.39, 0.29) is 11.7 Å². The number of piperidine rings is 1. The van der Waals surface area contributed by atoms with Crippen molar-refractivity contribution in [2.45, 2.75) is 37.5 Å². The SMILES string of the molecule is CN(C)c1ccc(CCN2CCC(Oc3ccc4[nH]c(=O)c5c(c4c3)CCSC5)CC2)cc1. The topological polar surface area (TPSA) is 48.6 Å². The van der Waals surface area contributed by atoms with Gasteiger partial charge in [-0.15, -0.1) is 0 Å². The summed E-state index contributed by atoms with van der Waals surface area (Å²) < 4.78 is 6.40. The summed E-state index contributed by atoms with van der Waals surface area (Å²) in [6.07, 6.45) is 4.41. The summed E-state index contributed by atoms with van der Waals surface area (Å²) in [7, 11) is 4.15. The van der Waals surface area contributed by atoms with Gasteiger partial charge in [-0.05, 0) is 72.9 Å². The van der Waals surface area contributed by atoms with Crippen molar-refractivity contribution >= 4 is 28.4 Å². The zero-order chi connectivity index (χ0) is 22.8. The number of ether oxygens (including phenoxy) is 1. The molecule has 1 fully saturated rings. The lowest BCUT2D eigenvalue weighted by molar-refractivity contribution is 0.101. The van der Waals surface area contributed by atoms with Crippen LogP contribution in [-0.2, 0) is 18.6 Å². The summed E-state index contributed by atoms with van der Waals surface area (Å²) in [6, 6.07) is 15.0. The Hall–Kier alpha value is -2.44. The lowest BCUT2D eigenvalue weighted by Gasteiger charge is -2.32. The molecular weight excluding hydrogens is 430 g/mol. The number of nitrogens with one attached hydrogen (secondary N) is 1. The van der Waals surface area contributed by atoms with Crippen LogP contribution in [0.1, 0.15) is 29.5 Å². The van der Waals surface area contributed by atoms with E-state index in [0.29, 0.717) is 0 Å². The van der Waals surface area contributed by atoms with E-state index in [2.05, 4.69) is 59.2 Å². The molecule has 0 spiro atoms. The molecule has 1 saturated heterocycles. The zero-order valence-corrected chi connectivity index (χ0v) is 20.4. The molecule has 5 nitrogen and oxygen atoms in total. The Labute approximate surface area is 200 Å². The number of benzene rings is 2. The zero-order valence-electron chi connectivity index (χ0n) is 19.6. The molecule has 33 heavy (non-hydrogen) atoms. The first-order chi connectivity index (χ1) is 16.1. The molecule has 2 aliphatic rings. The van der Waals surface area contributed by atoms with Gasteiger partial charge >= 0.3 is 0 Å². The van der Waals surface area contributed by atoms with Crippen molar-refractivity contribution in [3.8, 4) is 5.75 Å². The van der Waals surface area contributed by atoms with Crippen LogP contribution in [0.5, 0.6) is 5.75 Å². The number of H-pyrrole nitrogens is 1. The number of hydrogen-bond acceptors (Lipinski definition) is 5. The molecule has 174 valence electrons. The van der Waals surface area contributed by atoms with E-state index >= 15 is 0 Å². The van der Waals surface area contributed by atoms with E-state index in [9.17, 15) is 4.79 Å². The van der Waals surface area contributed by atoms with Crippen LogP contribution in [0.2, 0.25) is 0 Å². The second-order valence-corrected chi connectivity index (χ2v) is 10.5. The molecule has 2 aliphatic heterocycles. The third-order valence-corrected chi connectivity index (χ3v) is 7.94. The first-order valence-electron chi connectivity index (χ1n) is 12.0. The maximum Gasteiger partial charge on any atom is 0.252 e. The predicted octanol–water partition coefficient (Wildman–Crippen LogP) is 4.47. The van der Waals surface area contributed by atoms with Crippen molar-refractivity contribution in [1.29, 1.82) is 0 Å². The van der Waals surface area contributed by atoms with E-state index in [4.69, 9.17) is 4.74 Å². The number of rotatable bonds is 6. The Balaban J connectivity index is 1.17. The van der Waals surface area contributed by atoms with Crippen molar-refractivity contribution in [1.82, 2.24) is 9.88 Å². The van der Waals surface area contributed by atoms with Gasteiger partial charge in [0, 0.05) is 61.6 Å². The van der Waals surface area contributed by atoms with E-state index in [1.54, 1.807) is 0 Å². The van der Waals surface area contributed by atoms with Gasteiger partial charge in [0.2, 0.25) is 0 Å². The van der Waals surface area contributed by atoms with Crippen LogP contribution >= 0.6 is 11.8 Å². The molecule has 3 heterocycles. The minimum absolute atomic E-state index is 0.0689. The lowest BCUT2D eigenvalue weighted by Crippen LogP contribution is -2.39. The van der Waals surface area contributed by atoms with Crippen LogP contribution in [0.3, 0.4) is 0 Å². The van der Waals surface area contributed by atoms with Gasteiger partial charge in [-0.3, -0.25) is 4.79 Å². The van der Waals surface area contributed by atoms with Gasteiger partial charge in [-0.1, -0.05) is 12.1 Å². The molecular formula is C27H33N3O2S. The predicted molar refractivity (Wildman–Crippen MR) is 139 cm³/mol. The van der Waals surface area contributed by atoms with Crippen molar-refractivity contribution in [3.63, 3.8) is 0 Å². The highest BCUT2D eigenvalue weighted by atomic mass is 32.2. The molecule has 0 amide bonds. The highest BCUT2D eigenvalue weighted by Gasteiger charge is 2.21. The third kappa shape index (κ3) is 5.07. The molecule has 3 aromatic rings. The van der Waals surface area contributed by atoms with E-state index in [1.165, 1.54) is 16.8 Å². The fourth-order valence-electron chi connectivity index (χ4n) is 4.93. The van der Waals surface area contributed by atoms with Gasteiger partial charge in [0.15, 0.2) is 0 Å². The van der Waals surface area contributed by atoms with Gasteiger partial charge < -0.3 is 19.5 Å². The molecule has 0 unspecified atom stereocenters. The average molecular weight is 464 g/mol. The number of aryl methyl sites for hydroxylation is 1. The van der Waals surface area contributed by atoms with Crippen LogP contribution in [0, 0.1) is 0 Å². The molecule has 0 saturated carbocycles. The van der Waals surface area contributed by atoms with Crippen LogP contribution < -0.4 is 15.2 Å². The molecule has 0 atom stereocenters. The minimum Gasteiger partial charge on any atom is -0.490 e. The van der Waals surface area contributed by atoms with Crippen LogP contribution in [-0.4, -0.2) is 55.5 Å². The summed E-state index contributed by atoms with van der Waals surface area (Å²) in [5, 5.41) is 1.15. The summed E-state index contributed by atoms with van der Waals surface area (Å²) in [5.41, 5.74) is 5.80. The quantitative estimate of drug-likeness (QED) is 0.585. The maximum atomic E-state index is 12.4. The van der Waals surface area contributed by atoms with Crippen molar-refractivity contribution in [2.75, 3.05) is 44.4 Å². The normalized spacial score (nSPS) is 17.2. The number of pyridine rings is 1. The van der Waals surface area contributed by atoms with Gasteiger partial charge in [0.25, 0.3) is 5.56 Å². The van der Waals surface area contributed by atoms with E-state index < -0.39 is 0 Å². The summed E-state index contributed by atoms with van der Waals surface area (Å²) in [4.78, 5) is 20.1. The smallest absolute Gasteiger partial charge is 0.252 e. The molecule has 0 aliphatic carbocycles. The number of anilines is 1. The first kappa shape index (κ1) is 22.4. The third-order valence-electron chi connectivity index (χ3n) is 6.95. The van der Waals surface area contributed by atoms with Gasteiger partial charge in [-0.25, -0.2) is 0 Å². The second kappa shape index (κ2) is 9.82. The molecule has 2 aromatic carbocycles. The molecule has 1 N–H and O–H groups in total. The number of thioether (sulfide) groups is 1. The molecule has 5 rings (SSSR count). The van der Waals surface area contributed by atoms with E-state index in [1.807, 2.05) is 23.9 Å². The molecule has 0 radical (unpaired) electrons. The van der Waals surface area contributed by atoms with E-state index in [0.717, 1.165) is 79.0 Å². The fourth-order valence-corrected chi connectivity index (χ4v) is 5.93. The summed E-state index contributed by atoms with van der Waals surface area (Å²) >= 11 is 1.84. The number of nitrogens with zero attached hydrogens (tertiary/aromatic N) is 2.